The number of carbonyl (C=O) groups is 2. The van der Waals surface area contributed by atoms with Crippen molar-refractivity contribution in [3.63, 3.8) is 0 Å². The summed E-state index contributed by atoms with van der Waals surface area (Å²) in [6, 6.07) is 0. The van der Waals surface area contributed by atoms with Gasteiger partial charge in [0.25, 0.3) is 0 Å². The number of unbranched alkanes of at least 4 members (excludes halogenated alkanes) is 30. The molecule has 0 aromatic heterocycles. The van der Waals surface area contributed by atoms with Crippen LogP contribution < -0.4 is 0 Å². The van der Waals surface area contributed by atoms with Gasteiger partial charge in [-0.25, -0.2) is 9.59 Å². The van der Waals surface area contributed by atoms with Crippen molar-refractivity contribution in [2.75, 3.05) is 39.6 Å². The van der Waals surface area contributed by atoms with Gasteiger partial charge in [-0.05, 0) is 38.5 Å². The highest BCUT2D eigenvalue weighted by atomic mass is 28.4. The maximum absolute atomic E-state index is 11.1. The highest BCUT2D eigenvalue weighted by Gasteiger charge is 2.45. The van der Waals surface area contributed by atoms with Crippen LogP contribution in [0, 0.1) is 0 Å². The van der Waals surface area contributed by atoms with Gasteiger partial charge in [0, 0.05) is 38.6 Å². The zero-order chi connectivity index (χ0) is 41.6. The Morgan fingerprint density at radius 1 is 0.333 bits per heavy atom. The maximum Gasteiger partial charge on any atom is 0.679 e. The molecule has 0 aliphatic heterocycles. The van der Waals surface area contributed by atoms with Gasteiger partial charge in [-0.15, -0.1) is 0 Å². The lowest BCUT2D eigenvalue weighted by atomic mass is 10.0. The summed E-state index contributed by atoms with van der Waals surface area (Å²) in [4.78, 5) is 22.1. The number of hydrogen-bond donors (Lipinski definition) is 0. The molecule has 9 heteroatoms. The van der Waals surface area contributed by atoms with Crippen molar-refractivity contribution in [3.8, 4) is 0 Å². The quantitative estimate of drug-likeness (QED) is 0.0259. The first kappa shape index (κ1) is 55.5. The van der Waals surface area contributed by atoms with Crippen LogP contribution in [-0.4, -0.2) is 60.6 Å². The minimum absolute atomic E-state index is 0.316. The fraction of sp³-hybridized carbons (Fsp3) is 0.875. The fourth-order valence-electron chi connectivity index (χ4n) is 6.86. The molecule has 0 unspecified atom stereocenters. The summed E-state index contributed by atoms with van der Waals surface area (Å²) in [5.74, 6) is -0.631. The van der Waals surface area contributed by atoms with E-state index in [0.29, 0.717) is 39.6 Å². The van der Waals surface area contributed by atoms with Gasteiger partial charge in [-0.1, -0.05) is 207 Å². The second-order valence-electron chi connectivity index (χ2n) is 16.0. The number of hydrogen-bond acceptors (Lipinski definition) is 8. The molecule has 0 atom stereocenters. The average Bonchev–Trinajstić information content (AvgIpc) is 3.22. The van der Waals surface area contributed by atoms with E-state index in [1.165, 1.54) is 153 Å². The molecule has 0 bridgehead atoms. The third kappa shape index (κ3) is 41.0. The summed E-state index contributed by atoms with van der Waals surface area (Å²) in [7, 11) is -3.17. The number of rotatable bonds is 48. The second-order valence-corrected chi connectivity index (χ2v) is 18.1. The largest absolute Gasteiger partial charge is 0.679 e. The van der Waals surface area contributed by atoms with Crippen LogP contribution in [0.1, 0.15) is 232 Å². The zero-order valence-electron chi connectivity index (χ0n) is 37.6. The number of carbonyl (C=O) groups excluding carboxylic acids is 2. The van der Waals surface area contributed by atoms with E-state index in [1.54, 1.807) is 0 Å². The first-order valence-corrected chi connectivity index (χ1v) is 25.8. The Bertz CT molecular complexity index is 814. The predicted molar refractivity (Wildman–Crippen MR) is 240 cm³/mol. The first-order chi connectivity index (χ1) is 28.0. The second kappa shape index (κ2) is 45.6. The Kier molecular flexibility index (Phi) is 44.3. The van der Waals surface area contributed by atoms with E-state index in [1.807, 2.05) is 0 Å². The molecule has 0 aliphatic rings. The van der Waals surface area contributed by atoms with E-state index in [9.17, 15) is 9.59 Å². The lowest BCUT2D eigenvalue weighted by molar-refractivity contribution is -0.138. The molecule has 0 fully saturated rings. The van der Waals surface area contributed by atoms with Crippen molar-refractivity contribution >= 4 is 21.0 Å². The standard InChI is InChI=1S/C48H92O8Si/c1-5-9-35-43-53-57(54-44-36-10-6-2,55-45-39-33-29-25-21-17-13-11-15-19-23-27-31-37-41-51-47(49)7-3)56-46-40-34-30-26-22-18-14-12-16-20-24-28-32-38-42-52-48(50)8-4/h7-8H,3-6,9-46H2,1-2H3. The molecule has 0 heterocycles. The molecule has 0 radical (unpaired) electrons. The van der Waals surface area contributed by atoms with Crippen molar-refractivity contribution in [2.45, 2.75) is 232 Å². The van der Waals surface area contributed by atoms with E-state index in [-0.39, 0.29) is 11.9 Å². The zero-order valence-corrected chi connectivity index (χ0v) is 38.6. The Labute approximate surface area is 353 Å². The average molecular weight is 825 g/mol. The van der Waals surface area contributed by atoms with Gasteiger partial charge in [0.2, 0.25) is 0 Å². The van der Waals surface area contributed by atoms with E-state index in [0.717, 1.165) is 77.0 Å². The molecule has 57 heavy (non-hydrogen) atoms. The smallest absolute Gasteiger partial charge is 0.463 e. The fourth-order valence-corrected chi connectivity index (χ4v) is 8.93. The minimum Gasteiger partial charge on any atom is -0.463 e. The molecular weight excluding hydrogens is 733 g/mol. The molecule has 8 nitrogen and oxygen atoms in total. The molecule has 0 saturated heterocycles. The van der Waals surface area contributed by atoms with Gasteiger partial charge < -0.3 is 27.2 Å². The van der Waals surface area contributed by atoms with Crippen LogP contribution in [0.5, 0.6) is 0 Å². The van der Waals surface area contributed by atoms with Crippen LogP contribution in [0.15, 0.2) is 25.3 Å². The molecule has 0 aromatic carbocycles. The Balaban J connectivity index is 4.16. The molecule has 0 N–H and O–H groups in total. The lowest BCUT2D eigenvalue weighted by Crippen LogP contribution is -2.50. The topological polar surface area (TPSA) is 89.5 Å². The summed E-state index contributed by atoms with van der Waals surface area (Å²) in [5.41, 5.74) is 0. The van der Waals surface area contributed by atoms with Crippen LogP contribution in [0.4, 0.5) is 0 Å². The van der Waals surface area contributed by atoms with Gasteiger partial charge in [-0.3, -0.25) is 0 Å². The monoisotopic (exact) mass is 825 g/mol. The van der Waals surface area contributed by atoms with Crippen molar-refractivity contribution in [1.82, 2.24) is 0 Å². The van der Waals surface area contributed by atoms with Crippen molar-refractivity contribution in [2.24, 2.45) is 0 Å². The predicted octanol–water partition coefficient (Wildman–Crippen LogP) is 14.2. The third-order valence-corrected chi connectivity index (χ3v) is 12.7. The van der Waals surface area contributed by atoms with Crippen LogP contribution in [-0.2, 0) is 36.8 Å². The van der Waals surface area contributed by atoms with E-state index in [4.69, 9.17) is 27.2 Å². The number of esters is 2. The van der Waals surface area contributed by atoms with Gasteiger partial charge in [0.05, 0.1) is 13.2 Å². The van der Waals surface area contributed by atoms with Gasteiger partial charge in [0.15, 0.2) is 0 Å². The van der Waals surface area contributed by atoms with Gasteiger partial charge in [0.1, 0.15) is 0 Å². The highest BCUT2D eigenvalue weighted by Crippen LogP contribution is 2.19. The van der Waals surface area contributed by atoms with Gasteiger partial charge in [-0.2, -0.15) is 0 Å². The van der Waals surface area contributed by atoms with E-state index < -0.39 is 9.05 Å². The third-order valence-electron chi connectivity index (χ3n) is 10.5. The molecule has 0 rings (SSSR count). The van der Waals surface area contributed by atoms with Crippen LogP contribution in [0.2, 0.25) is 0 Å². The molecule has 336 valence electrons. The van der Waals surface area contributed by atoms with Crippen LogP contribution in [0.3, 0.4) is 0 Å². The highest BCUT2D eigenvalue weighted by molar-refractivity contribution is 6.53. The Morgan fingerprint density at radius 2 is 0.526 bits per heavy atom. The summed E-state index contributed by atoms with van der Waals surface area (Å²) in [6.45, 7) is 14.9. The molecular formula is C48H92O8Si. The molecule has 0 aromatic rings. The summed E-state index contributed by atoms with van der Waals surface area (Å²) >= 11 is 0. The van der Waals surface area contributed by atoms with Crippen LogP contribution in [0.25, 0.3) is 0 Å². The van der Waals surface area contributed by atoms with Crippen molar-refractivity contribution in [1.29, 1.82) is 0 Å². The SMILES string of the molecule is C=CC(=O)OCCCCCCCCCCCCCCCCO[Si](OCCCCC)(OCCCCC)OCCCCCCCCCCCCCCCCOC(=O)C=C. The lowest BCUT2D eigenvalue weighted by Gasteiger charge is -2.28. The Hall–Kier alpha value is -1.52. The molecule has 0 spiro atoms. The minimum atomic E-state index is -3.17. The van der Waals surface area contributed by atoms with Crippen molar-refractivity contribution in [3.05, 3.63) is 25.3 Å². The molecule has 0 amide bonds. The first-order valence-electron chi connectivity index (χ1n) is 24.2. The normalized spacial score (nSPS) is 11.5. The maximum atomic E-state index is 11.1. The summed E-state index contributed by atoms with van der Waals surface area (Å²) in [6.07, 6.45) is 43.9. The van der Waals surface area contributed by atoms with Crippen LogP contribution >= 0.6 is 0 Å². The van der Waals surface area contributed by atoms with Gasteiger partial charge >= 0.3 is 21.0 Å². The van der Waals surface area contributed by atoms with Crippen molar-refractivity contribution < 1.29 is 36.8 Å². The van der Waals surface area contributed by atoms with E-state index in [2.05, 4.69) is 27.0 Å². The molecule has 0 aliphatic carbocycles. The molecule has 0 saturated carbocycles. The summed E-state index contributed by atoms with van der Waals surface area (Å²) < 4.78 is 35.9. The Morgan fingerprint density at radius 3 is 0.737 bits per heavy atom. The number of ether oxygens (including phenoxy) is 2. The van der Waals surface area contributed by atoms with E-state index >= 15 is 0 Å². The summed E-state index contributed by atoms with van der Waals surface area (Å²) in [5, 5.41) is 0.